The molecule has 3 fully saturated rings. The maximum atomic E-state index is 13.4. The normalized spacial score (nSPS) is 22.0. The number of pyridine rings is 1. The number of fused-ring (bicyclic) bond motifs is 1. The number of imidazole rings is 1. The highest BCUT2D eigenvalue weighted by molar-refractivity contribution is 6.18. The topological polar surface area (TPSA) is 188 Å². The van der Waals surface area contributed by atoms with Crippen LogP contribution in [0.25, 0.3) is 22.4 Å². The van der Waals surface area contributed by atoms with Crippen molar-refractivity contribution in [3.63, 3.8) is 0 Å². The maximum Gasteiger partial charge on any atom is 0.329 e. The van der Waals surface area contributed by atoms with Crippen LogP contribution in [0.4, 0.5) is 5.69 Å². The Morgan fingerprint density at radius 3 is 2.54 bits per heavy atom. The number of hydrogen-bond acceptors (Lipinski definition) is 11. The summed E-state index contributed by atoms with van der Waals surface area (Å²) in [7, 11) is 1.69. The fourth-order valence-corrected chi connectivity index (χ4v) is 8.47. The Kier molecular flexibility index (Phi) is 11.5. The molecule has 0 spiro atoms. The highest BCUT2D eigenvalue weighted by atomic mass is 16.2. The first-order chi connectivity index (χ1) is 28.7. The van der Waals surface area contributed by atoms with Crippen LogP contribution in [0.3, 0.4) is 0 Å². The van der Waals surface area contributed by atoms with E-state index in [1.165, 1.54) is 4.57 Å². The molecule has 8 rings (SSSR count). The van der Waals surface area contributed by atoms with Gasteiger partial charge < -0.3 is 20.9 Å². The van der Waals surface area contributed by atoms with Crippen LogP contribution in [0.5, 0.6) is 0 Å². The molecule has 16 heteroatoms. The number of carbonyl (C=O) groups is 3. The number of piperidine rings is 1. The van der Waals surface area contributed by atoms with E-state index in [0.717, 1.165) is 75.7 Å². The molecule has 3 aliphatic heterocycles. The van der Waals surface area contributed by atoms with E-state index in [4.69, 9.17) is 10.5 Å². The third-order valence-corrected chi connectivity index (χ3v) is 11.7. The SMILES string of the molecule is Cc1ccc(-c2nn([C@H]3CC[C@H](CN4CCN(CC#Cc5cccc6c5n(C)c(=O)n6C5CCC(=O)NC5=O)CC4)CC3)cc2NC(=O)/C(C=N)=C2\N=CC=CN2)nc1. The second-order valence-electron chi connectivity index (χ2n) is 15.6. The lowest BCUT2D eigenvalue weighted by Gasteiger charge is -2.37. The van der Waals surface area contributed by atoms with Gasteiger partial charge in [0.15, 0.2) is 0 Å². The van der Waals surface area contributed by atoms with Crippen molar-refractivity contribution in [3.8, 4) is 23.2 Å². The van der Waals surface area contributed by atoms with Crippen LogP contribution in [0.1, 0.15) is 61.7 Å². The minimum absolute atomic E-state index is 0.110. The molecule has 3 amide bonds. The van der Waals surface area contributed by atoms with Gasteiger partial charge in [0, 0.05) is 77.2 Å². The second kappa shape index (κ2) is 17.2. The largest absolute Gasteiger partial charge is 0.346 e. The van der Waals surface area contributed by atoms with Crippen molar-refractivity contribution in [2.75, 3.05) is 44.6 Å². The highest BCUT2D eigenvalue weighted by Crippen LogP contribution is 2.35. The smallest absolute Gasteiger partial charge is 0.329 e. The number of nitrogens with one attached hydrogen (secondary N) is 4. The van der Waals surface area contributed by atoms with Crippen LogP contribution in [0.2, 0.25) is 0 Å². The van der Waals surface area contributed by atoms with Gasteiger partial charge in [0.25, 0.3) is 5.91 Å². The number of aryl methyl sites for hydroxylation is 2. The number of rotatable bonds is 9. The summed E-state index contributed by atoms with van der Waals surface area (Å²) in [6, 6.07) is 8.92. The van der Waals surface area contributed by atoms with Gasteiger partial charge in [0.2, 0.25) is 11.8 Å². The number of hydrogen-bond donors (Lipinski definition) is 4. The van der Waals surface area contributed by atoms with Gasteiger partial charge in [0.05, 0.1) is 46.1 Å². The predicted molar refractivity (Wildman–Crippen MR) is 225 cm³/mol. The van der Waals surface area contributed by atoms with Gasteiger partial charge in [-0.3, -0.25) is 43.4 Å². The molecule has 1 saturated carbocycles. The fraction of sp³-hybridized carbons (Fsp3) is 0.395. The van der Waals surface area contributed by atoms with Gasteiger partial charge >= 0.3 is 5.69 Å². The second-order valence-corrected chi connectivity index (χ2v) is 15.6. The van der Waals surface area contributed by atoms with Crippen LogP contribution in [-0.4, -0.2) is 103 Å². The molecular formula is C43H48N12O4. The van der Waals surface area contributed by atoms with Crippen molar-refractivity contribution in [1.82, 2.24) is 44.3 Å². The number of aromatic nitrogens is 5. The Morgan fingerprint density at radius 1 is 1.03 bits per heavy atom. The number of amides is 3. The summed E-state index contributed by atoms with van der Waals surface area (Å²) >= 11 is 0. The van der Waals surface area contributed by atoms with Crippen LogP contribution in [0, 0.1) is 30.1 Å². The van der Waals surface area contributed by atoms with E-state index >= 15 is 0 Å². The van der Waals surface area contributed by atoms with Gasteiger partial charge in [-0.05, 0) is 74.8 Å². The summed E-state index contributed by atoms with van der Waals surface area (Å²) in [5, 5.41) is 21.1. The molecular weight excluding hydrogens is 749 g/mol. The Hall–Kier alpha value is -6.44. The summed E-state index contributed by atoms with van der Waals surface area (Å²) in [5.74, 6) is 6.29. The van der Waals surface area contributed by atoms with Crippen LogP contribution >= 0.6 is 0 Å². The van der Waals surface area contributed by atoms with Gasteiger partial charge in [-0.25, -0.2) is 9.79 Å². The van der Waals surface area contributed by atoms with E-state index in [0.29, 0.717) is 46.4 Å². The molecule has 2 saturated heterocycles. The molecule has 59 heavy (non-hydrogen) atoms. The van der Waals surface area contributed by atoms with Crippen molar-refractivity contribution in [2.45, 2.75) is 57.5 Å². The lowest BCUT2D eigenvalue weighted by Crippen LogP contribution is -2.48. The Morgan fingerprint density at radius 2 is 1.83 bits per heavy atom. The van der Waals surface area contributed by atoms with E-state index in [1.54, 1.807) is 36.3 Å². The quantitative estimate of drug-likeness (QED) is 0.0854. The van der Waals surface area contributed by atoms with E-state index < -0.39 is 17.9 Å². The van der Waals surface area contributed by atoms with Crippen LogP contribution in [-0.2, 0) is 21.4 Å². The number of piperazine rings is 1. The number of anilines is 1. The van der Waals surface area contributed by atoms with E-state index in [-0.39, 0.29) is 36.1 Å². The zero-order chi connectivity index (χ0) is 41.0. The van der Waals surface area contributed by atoms with Crippen molar-refractivity contribution in [2.24, 2.45) is 18.0 Å². The molecule has 4 aromatic rings. The Labute approximate surface area is 341 Å². The molecule has 16 nitrogen and oxygen atoms in total. The van der Waals surface area contributed by atoms with Gasteiger partial charge in [-0.15, -0.1) is 0 Å². The van der Waals surface area contributed by atoms with Crippen molar-refractivity contribution < 1.29 is 14.4 Å². The van der Waals surface area contributed by atoms with Gasteiger partial charge in [0.1, 0.15) is 17.6 Å². The van der Waals surface area contributed by atoms with E-state index in [2.05, 4.69) is 47.6 Å². The molecule has 4 aliphatic rings. The maximum absolute atomic E-state index is 13.4. The zero-order valence-corrected chi connectivity index (χ0v) is 33.3. The minimum atomic E-state index is -0.732. The first kappa shape index (κ1) is 39.4. The molecule has 1 unspecified atom stereocenters. The highest BCUT2D eigenvalue weighted by Gasteiger charge is 2.32. The summed E-state index contributed by atoms with van der Waals surface area (Å²) < 4.78 is 5.01. The van der Waals surface area contributed by atoms with Gasteiger partial charge in [-0.1, -0.05) is 24.0 Å². The predicted octanol–water partition coefficient (Wildman–Crippen LogP) is 3.27. The van der Waals surface area contributed by atoms with Crippen molar-refractivity contribution in [3.05, 3.63) is 88.0 Å². The third-order valence-electron chi connectivity index (χ3n) is 11.7. The number of carbonyl (C=O) groups excluding carboxylic acids is 3. The standard InChI is InChI=1S/C43H48N12O4/c1-28-9-14-33(47-25-28)38-34(48-41(57)32(24-44)40-45-17-5-18-46-40)27-54(50-38)31-12-10-29(11-13-31)26-53-22-20-52(21-23-53)19-4-7-30-6-3-8-35-39(30)51(2)43(59)55(35)36-15-16-37(56)49-42(36)58/h3,5-6,8-9,14,17-18,24-25,27,29,31,36,44-45H,10-13,15-16,19-23,26H2,1-2H3,(H,48,57)(H,49,56,58)/b40-32-,44-24?/t29-,31-,36?. The number of aliphatic imine (C=N–C) groups is 1. The van der Waals surface area contributed by atoms with Crippen LogP contribution in [0.15, 0.2) is 76.2 Å². The molecule has 6 heterocycles. The summed E-state index contributed by atoms with van der Waals surface area (Å²) in [4.78, 5) is 64.8. The van der Waals surface area contributed by atoms with E-state index in [1.807, 2.05) is 48.1 Å². The molecule has 1 aromatic carbocycles. The lowest BCUT2D eigenvalue weighted by atomic mass is 9.85. The van der Waals surface area contributed by atoms with Gasteiger partial charge in [-0.2, -0.15) is 5.10 Å². The molecule has 0 radical (unpaired) electrons. The average molecular weight is 797 g/mol. The molecule has 1 aliphatic carbocycles. The average Bonchev–Trinajstić information content (AvgIpc) is 3.77. The minimum Gasteiger partial charge on any atom is -0.346 e. The van der Waals surface area contributed by atoms with Crippen molar-refractivity contribution in [1.29, 1.82) is 5.41 Å². The van der Waals surface area contributed by atoms with E-state index in [9.17, 15) is 19.2 Å². The third kappa shape index (κ3) is 8.43. The number of nitrogens with zero attached hydrogens (tertiary/aromatic N) is 8. The molecule has 1 atom stereocenters. The fourth-order valence-electron chi connectivity index (χ4n) is 8.47. The monoisotopic (exact) mass is 796 g/mol. The molecule has 0 bridgehead atoms. The number of imide groups is 1. The number of allylic oxidation sites excluding steroid dienone is 1. The first-order valence-electron chi connectivity index (χ1n) is 20.2. The van der Waals surface area contributed by atoms with Crippen molar-refractivity contribution >= 4 is 46.9 Å². The lowest BCUT2D eigenvalue weighted by molar-refractivity contribution is -0.135. The van der Waals surface area contributed by atoms with Crippen LogP contribution < -0.4 is 21.6 Å². The Balaban J connectivity index is 0.857. The summed E-state index contributed by atoms with van der Waals surface area (Å²) in [6.07, 6.45) is 14.2. The molecule has 4 N–H and O–H groups in total. The summed E-state index contributed by atoms with van der Waals surface area (Å²) in [6.45, 7) is 7.44. The zero-order valence-electron chi connectivity index (χ0n) is 33.3. The number of para-hydroxylation sites is 1. The summed E-state index contributed by atoms with van der Waals surface area (Å²) in [5.41, 5.74) is 4.68. The molecule has 304 valence electrons. The number of benzene rings is 1. The molecule has 3 aromatic heterocycles. The first-order valence-corrected chi connectivity index (χ1v) is 20.2. The Bertz CT molecular complexity index is 2500.